The van der Waals surface area contributed by atoms with Gasteiger partial charge in [0.15, 0.2) is 11.5 Å². The Morgan fingerprint density at radius 1 is 1.00 bits per heavy atom. The van der Waals surface area contributed by atoms with Crippen LogP contribution in [0, 0.1) is 0 Å². The van der Waals surface area contributed by atoms with Crippen LogP contribution < -0.4 is 19.5 Å². The van der Waals surface area contributed by atoms with E-state index >= 15 is 0 Å². The van der Waals surface area contributed by atoms with Gasteiger partial charge in [0, 0.05) is 25.3 Å². The minimum atomic E-state index is 0.317. The molecule has 5 nitrogen and oxygen atoms in total. The van der Waals surface area contributed by atoms with Crippen LogP contribution in [-0.2, 0) is 11.3 Å². The highest BCUT2D eigenvalue weighted by Gasteiger charge is 2.16. The molecule has 5 heteroatoms. The second kappa shape index (κ2) is 8.66. The van der Waals surface area contributed by atoms with Crippen molar-refractivity contribution in [3.05, 3.63) is 17.7 Å². The van der Waals surface area contributed by atoms with Crippen molar-refractivity contribution >= 4 is 0 Å². The Morgan fingerprint density at radius 3 is 2.20 bits per heavy atom. The number of hydrogen-bond acceptors (Lipinski definition) is 5. The maximum Gasteiger partial charge on any atom is 0.203 e. The number of hydrogen-bond donors (Lipinski definition) is 1. The predicted octanol–water partition coefficient (Wildman–Crippen LogP) is 2.23. The van der Waals surface area contributed by atoms with Crippen LogP contribution in [-0.4, -0.2) is 41.1 Å². The van der Waals surface area contributed by atoms with Crippen LogP contribution in [0.1, 0.15) is 18.9 Å². The largest absolute Gasteiger partial charge is 0.493 e. The Balaban J connectivity index is 2.89. The average Bonchev–Trinajstić information content (AvgIpc) is 2.50. The monoisotopic (exact) mass is 283 g/mol. The molecule has 0 amide bonds. The fourth-order valence-corrected chi connectivity index (χ4v) is 2.08. The minimum absolute atomic E-state index is 0.317. The Morgan fingerprint density at radius 2 is 1.70 bits per heavy atom. The molecule has 1 aromatic carbocycles. The van der Waals surface area contributed by atoms with Crippen molar-refractivity contribution in [2.75, 3.05) is 35.0 Å². The molecule has 20 heavy (non-hydrogen) atoms. The first-order valence-corrected chi connectivity index (χ1v) is 6.71. The van der Waals surface area contributed by atoms with E-state index in [9.17, 15) is 0 Å². The van der Waals surface area contributed by atoms with E-state index < -0.39 is 0 Å². The number of benzene rings is 1. The molecule has 0 aliphatic heterocycles. The topological polar surface area (TPSA) is 49.0 Å². The van der Waals surface area contributed by atoms with Gasteiger partial charge in [0.2, 0.25) is 5.75 Å². The van der Waals surface area contributed by atoms with Crippen molar-refractivity contribution in [1.29, 1.82) is 0 Å². The minimum Gasteiger partial charge on any atom is -0.493 e. The van der Waals surface area contributed by atoms with E-state index in [1.165, 1.54) is 0 Å². The molecule has 0 aliphatic carbocycles. The highest BCUT2D eigenvalue weighted by atomic mass is 16.5. The maximum absolute atomic E-state index is 5.46. The van der Waals surface area contributed by atoms with Gasteiger partial charge in [-0.05, 0) is 12.5 Å². The first-order chi connectivity index (χ1) is 9.71. The average molecular weight is 283 g/mol. The van der Waals surface area contributed by atoms with Crippen LogP contribution in [0.25, 0.3) is 0 Å². The van der Waals surface area contributed by atoms with Crippen LogP contribution >= 0.6 is 0 Å². The van der Waals surface area contributed by atoms with Crippen molar-refractivity contribution in [1.82, 2.24) is 5.32 Å². The molecular formula is C15H25NO4. The van der Waals surface area contributed by atoms with Crippen LogP contribution in [0.15, 0.2) is 12.1 Å². The van der Waals surface area contributed by atoms with E-state index in [1.54, 1.807) is 28.4 Å². The fourth-order valence-electron chi connectivity index (χ4n) is 2.08. The van der Waals surface area contributed by atoms with Gasteiger partial charge in [0.25, 0.3) is 0 Å². The Labute approximate surface area is 121 Å². The number of rotatable bonds is 9. The Bertz CT molecular complexity index is 409. The first kappa shape index (κ1) is 16.6. The number of methoxy groups -OCH3 is 4. The highest BCUT2D eigenvalue weighted by molar-refractivity contribution is 5.55. The number of ether oxygens (including phenoxy) is 4. The van der Waals surface area contributed by atoms with Crippen molar-refractivity contribution in [2.24, 2.45) is 0 Å². The molecule has 0 aromatic heterocycles. The quantitative estimate of drug-likeness (QED) is 0.753. The summed E-state index contributed by atoms with van der Waals surface area (Å²) in [5, 5.41) is 3.45. The van der Waals surface area contributed by atoms with Crippen LogP contribution in [0.2, 0.25) is 0 Å². The van der Waals surface area contributed by atoms with Gasteiger partial charge in [-0.15, -0.1) is 0 Å². The Hall–Kier alpha value is -1.46. The smallest absolute Gasteiger partial charge is 0.203 e. The van der Waals surface area contributed by atoms with Gasteiger partial charge in [0.1, 0.15) is 0 Å². The summed E-state index contributed by atoms with van der Waals surface area (Å²) in [5.74, 6) is 1.98. The molecule has 0 aliphatic rings. The van der Waals surface area contributed by atoms with Crippen molar-refractivity contribution in [2.45, 2.75) is 25.9 Å². The summed E-state index contributed by atoms with van der Waals surface area (Å²) in [5.41, 5.74) is 1.03. The standard InChI is InChI=1S/C15H25NO4/c1-6-12(10-17-2)16-9-11-7-8-13(18-3)15(20-5)14(11)19-4/h7-8,12,16H,6,9-10H2,1-5H3. The van der Waals surface area contributed by atoms with E-state index in [-0.39, 0.29) is 0 Å². The third kappa shape index (κ3) is 4.02. The molecule has 0 fully saturated rings. The molecule has 0 saturated carbocycles. The van der Waals surface area contributed by atoms with E-state index in [0.717, 1.165) is 12.0 Å². The molecule has 1 N–H and O–H groups in total. The van der Waals surface area contributed by atoms with E-state index in [1.807, 2.05) is 12.1 Å². The lowest BCUT2D eigenvalue weighted by Crippen LogP contribution is -2.32. The van der Waals surface area contributed by atoms with Crippen molar-refractivity contribution < 1.29 is 18.9 Å². The van der Waals surface area contributed by atoms with E-state index in [2.05, 4.69) is 12.2 Å². The molecule has 0 saturated heterocycles. The molecule has 0 radical (unpaired) electrons. The SMILES string of the molecule is CCC(COC)NCc1ccc(OC)c(OC)c1OC. The van der Waals surface area contributed by atoms with Crippen LogP contribution in [0.5, 0.6) is 17.2 Å². The third-order valence-electron chi connectivity index (χ3n) is 3.23. The van der Waals surface area contributed by atoms with Crippen LogP contribution in [0.4, 0.5) is 0 Å². The molecule has 0 heterocycles. The van der Waals surface area contributed by atoms with Crippen molar-refractivity contribution in [3.63, 3.8) is 0 Å². The van der Waals surface area contributed by atoms with Gasteiger partial charge < -0.3 is 24.3 Å². The summed E-state index contributed by atoms with van der Waals surface area (Å²) >= 11 is 0. The maximum atomic E-state index is 5.46. The van der Waals surface area contributed by atoms with Gasteiger partial charge in [-0.1, -0.05) is 13.0 Å². The van der Waals surface area contributed by atoms with Gasteiger partial charge in [-0.25, -0.2) is 0 Å². The summed E-state index contributed by atoms with van der Waals surface area (Å²) in [6.45, 7) is 3.50. The lowest BCUT2D eigenvalue weighted by atomic mass is 10.1. The normalized spacial score (nSPS) is 12.1. The predicted molar refractivity (Wildman–Crippen MR) is 78.9 cm³/mol. The second-order valence-electron chi connectivity index (χ2n) is 4.43. The van der Waals surface area contributed by atoms with Gasteiger partial charge in [-0.2, -0.15) is 0 Å². The zero-order chi connectivity index (χ0) is 15.0. The molecule has 0 bridgehead atoms. The van der Waals surface area contributed by atoms with Crippen molar-refractivity contribution in [3.8, 4) is 17.2 Å². The van der Waals surface area contributed by atoms with Gasteiger partial charge in [-0.3, -0.25) is 0 Å². The summed E-state index contributed by atoms with van der Waals surface area (Å²) in [6, 6.07) is 4.18. The second-order valence-corrected chi connectivity index (χ2v) is 4.43. The molecule has 114 valence electrons. The molecule has 1 unspecified atom stereocenters. The molecule has 1 rings (SSSR count). The molecular weight excluding hydrogens is 258 g/mol. The molecule has 1 atom stereocenters. The Kier molecular flexibility index (Phi) is 7.18. The lowest BCUT2D eigenvalue weighted by molar-refractivity contribution is 0.163. The summed E-state index contributed by atoms with van der Waals surface area (Å²) < 4.78 is 21.3. The lowest BCUT2D eigenvalue weighted by Gasteiger charge is -2.19. The van der Waals surface area contributed by atoms with Gasteiger partial charge >= 0.3 is 0 Å². The fraction of sp³-hybridized carbons (Fsp3) is 0.600. The third-order valence-corrected chi connectivity index (χ3v) is 3.23. The summed E-state index contributed by atoms with van der Waals surface area (Å²) in [7, 11) is 6.56. The summed E-state index contributed by atoms with van der Waals surface area (Å²) in [4.78, 5) is 0. The zero-order valence-electron chi connectivity index (χ0n) is 13.0. The van der Waals surface area contributed by atoms with Crippen LogP contribution in [0.3, 0.4) is 0 Å². The summed E-state index contributed by atoms with van der Waals surface area (Å²) in [6.07, 6.45) is 1.00. The highest BCUT2D eigenvalue weighted by Crippen LogP contribution is 2.39. The first-order valence-electron chi connectivity index (χ1n) is 6.71. The van der Waals surface area contributed by atoms with Gasteiger partial charge in [0.05, 0.1) is 27.9 Å². The van der Waals surface area contributed by atoms with E-state index in [0.29, 0.717) is 36.4 Å². The number of nitrogens with one attached hydrogen (secondary N) is 1. The van der Waals surface area contributed by atoms with E-state index in [4.69, 9.17) is 18.9 Å². The molecule has 1 aromatic rings. The zero-order valence-corrected chi connectivity index (χ0v) is 13.0. The molecule has 0 spiro atoms.